The first-order valence-corrected chi connectivity index (χ1v) is 4.24. The Kier molecular flexibility index (Phi) is 5.81. The van der Waals surface area contributed by atoms with Gasteiger partial charge in [-0.1, -0.05) is 28.7 Å². The van der Waals surface area contributed by atoms with Crippen LogP contribution in [0.25, 0.3) is 0 Å². The zero-order valence-corrected chi connectivity index (χ0v) is 8.10. The molecule has 0 bridgehead atoms. The molecular formula is C6H7F4IO. The minimum absolute atomic E-state index is 0.0781. The lowest BCUT2D eigenvalue weighted by atomic mass is 10.4. The molecule has 72 valence electrons. The maximum Gasteiger partial charge on any atom is 0.330 e. The van der Waals surface area contributed by atoms with Gasteiger partial charge in [-0.25, -0.2) is 8.78 Å². The van der Waals surface area contributed by atoms with E-state index in [1.165, 1.54) is 6.08 Å². The van der Waals surface area contributed by atoms with E-state index in [0.717, 1.165) is 0 Å². The molecule has 0 atom stereocenters. The molecule has 0 aliphatic rings. The number of ether oxygens (including phenoxy) is 1. The SMILES string of the molecule is FC(F)C(F)(F)COC/C=C/I. The van der Waals surface area contributed by atoms with Crippen LogP contribution < -0.4 is 0 Å². The van der Waals surface area contributed by atoms with Gasteiger partial charge in [-0.2, -0.15) is 8.78 Å². The molecule has 0 rings (SSSR count). The molecule has 1 nitrogen and oxygen atoms in total. The molecule has 0 aromatic carbocycles. The van der Waals surface area contributed by atoms with E-state index in [1.807, 2.05) is 22.6 Å². The Bertz CT molecular complexity index is 148. The predicted octanol–water partition coefficient (Wildman–Crippen LogP) is 2.85. The van der Waals surface area contributed by atoms with Gasteiger partial charge in [0.1, 0.15) is 6.61 Å². The van der Waals surface area contributed by atoms with Crippen LogP contribution in [0.5, 0.6) is 0 Å². The number of rotatable bonds is 5. The lowest BCUT2D eigenvalue weighted by Gasteiger charge is -2.13. The standard InChI is InChI=1S/C6H7F4IO/c7-5(8)6(9,10)4-12-3-1-2-11/h1-2,5H,3-4H2/b2-1+. The summed E-state index contributed by atoms with van der Waals surface area (Å²) in [6, 6.07) is 0. The Balaban J connectivity index is 3.61. The average Bonchev–Trinajstić information content (AvgIpc) is 1.98. The maximum absolute atomic E-state index is 12.1. The van der Waals surface area contributed by atoms with Crippen molar-refractivity contribution in [2.24, 2.45) is 0 Å². The third-order valence-electron chi connectivity index (χ3n) is 0.917. The van der Waals surface area contributed by atoms with E-state index in [1.54, 1.807) is 4.08 Å². The smallest absolute Gasteiger partial charge is 0.330 e. The molecule has 0 fully saturated rings. The highest BCUT2D eigenvalue weighted by atomic mass is 127. The lowest BCUT2D eigenvalue weighted by molar-refractivity contribution is -0.163. The Hall–Kier alpha value is 0.150. The van der Waals surface area contributed by atoms with E-state index < -0.39 is 19.0 Å². The van der Waals surface area contributed by atoms with Crippen molar-refractivity contribution in [2.45, 2.75) is 12.3 Å². The van der Waals surface area contributed by atoms with Crippen LogP contribution in [0.1, 0.15) is 0 Å². The van der Waals surface area contributed by atoms with Gasteiger partial charge in [-0.05, 0) is 4.08 Å². The van der Waals surface area contributed by atoms with Crippen LogP contribution in [-0.2, 0) is 4.74 Å². The van der Waals surface area contributed by atoms with Crippen molar-refractivity contribution < 1.29 is 22.3 Å². The van der Waals surface area contributed by atoms with Crippen LogP contribution >= 0.6 is 22.6 Å². The molecule has 0 unspecified atom stereocenters. The van der Waals surface area contributed by atoms with E-state index in [4.69, 9.17) is 0 Å². The summed E-state index contributed by atoms with van der Waals surface area (Å²) in [4.78, 5) is 0. The fraction of sp³-hybridized carbons (Fsp3) is 0.667. The minimum atomic E-state index is -4.04. The fourth-order valence-electron chi connectivity index (χ4n) is 0.362. The normalized spacial score (nSPS) is 13.2. The largest absolute Gasteiger partial charge is 0.371 e. The van der Waals surface area contributed by atoms with Crippen LogP contribution in [0.15, 0.2) is 10.2 Å². The number of hydrogen-bond donors (Lipinski definition) is 0. The van der Waals surface area contributed by atoms with Crippen LogP contribution in [-0.4, -0.2) is 25.6 Å². The van der Waals surface area contributed by atoms with Crippen molar-refractivity contribution in [3.05, 3.63) is 10.2 Å². The topological polar surface area (TPSA) is 9.23 Å². The Labute approximate surface area is 80.9 Å². The summed E-state index contributed by atoms with van der Waals surface area (Å²) in [6.07, 6.45) is -2.22. The van der Waals surface area contributed by atoms with E-state index in [9.17, 15) is 17.6 Å². The van der Waals surface area contributed by atoms with Crippen molar-refractivity contribution in [3.8, 4) is 0 Å². The van der Waals surface area contributed by atoms with Gasteiger partial charge < -0.3 is 4.74 Å². The quantitative estimate of drug-likeness (QED) is 0.431. The van der Waals surface area contributed by atoms with Crippen molar-refractivity contribution in [1.29, 1.82) is 0 Å². The molecule has 0 spiro atoms. The fourth-order valence-corrected chi connectivity index (χ4v) is 0.570. The second-order valence-electron chi connectivity index (χ2n) is 1.94. The van der Waals surface area contributed by atoms with Crippen LogP contribution in [0, 0.1) is 0 Å². The molecule has 0 saturated carbocycles. The highest BCUT2D eigenvalue weighted by Gasteiger charge is 2.40. The summed E-state index contributed by atoms with van der Waals surface area (Å²) in [7, 11) is 0. The first-order valence-electron chi connectivity index (χ1n) is 2.99. The van der Waals surface area contributed by atoms with E-state index in [-0.39, 0.29) is 6.61 Å². The summed E-state index contributed by atoms with van der Waals surface area (Å²) >= 11 is 1.87. The molecule has 0 aliphatic heterocycles. The lowest BCUT2D eigenvalue weighted by Crippen LogP contribution is -2.32. The molecular weight excluding hydrogens is 291 g/mol. The number of hydrogen-bond acceptors (Lipinski definition) is 1. The number of halogens is 5. The van der Waals surface area contributed by atoms with Crippen LogP contribution in [0.4, 0.5) is 17.6 Å². The summed E-state index contributed by atoms with van der Waals surface area (Å²) in [5.41, 5.74) is 0. The summed E-state index contributed by atoms with van der Waals surface area (Å²) < 4.78 is 52.9. The first kappa shape index (κ1) is 12.2. The highest BCUT2D eigenvalue weighted by Crippen LogP contribution is 2.22. The summed E-state index contributed by atoms with van der Waals surface area (Å²) in [5, 5.41) is 0. The van der Waals surface area contributed by atoms with Crippen molar-refractivity contribution in [3.63, 3.8) is 0 Å². The predicted molar refractivity (Wildman–Crippen MR) is 44.9 cm³/mol. The Morgan fingerprint density at radius 2 is 2.00 bits per heavy atom. The van der Waals surface area contributed by atoms with Crippen molar-refractivity contribution in [1.82, 2.24) is 0 Å². The maximum atomic E-state index is 12.1. The van der Waals surface area contributed by atoms with Gasteiger partial charge in [0.2, 0.25) is 0 Å². The second kappa shape index (κ2) is 5.74. The molecule has 0 aliphatic carbocycles. The van der Waals surface area contributed by atoms with Crippen molar-refractivity contribution in [2.75, 3.05) is 13.2 Å². The van der Waals surface area contributed by atoms with E-state index >= 15 is 0 Å². The van der Waals surface area contributed by atoms with Gasteiger partial charge in [-0.3, -0.25) is 0 Å². The van der Waals surface area contributed by atoms with Gasteiger partial charge in [-0.15, -0.1) is 0 Å². The molecule has 0 heterocycles. The summed E-state index contributed by atoms with van der Waals surface area (Å²) in [5.74, 6) is -4.04. The molecule has 0 radical (unpaired) electrons. The van der Waals surface area contributed by atoms with Gasteiger partial charge in [0, 0.05) is 0 Å². The third-order valence-corrected chi connectivity index (χ3v) is 1.43. The molecule has 0 aromatic heterocycles. The zero-order valence-electron chi connectivity index (χ0n) is 5.94. The molecule has 0 saturated heterocycles. The van der Waals surface area contributed by atoms with E-state index in [2.05, 4.69) is 4.74 Å². The molecule has 0 aromatic rings. The van der Waals surface area contributed by atoms with Crippen molar-refractivity contribution >= 4 is 22.6 Å². The molecule has 6 heteroatoms. The van der Waals surface area contributed by atoms with Crippen LogP contribution in [0.3, 0.4) is 0 Å². The van der Waals surface area contributed by atoms with Crippen LogP contribution in [0.2, 0.25) is 0 Å². The van der Waals surface area contributed by atoms with Gasteiger partial charge >= 0.3 is 12.3 Å². The molecule has 0 N–H and O–H groups in total. The minimum Gasteiger partial charge on any atom is -0.371 e. The average molecular weight is 298 g/mol. The summed E-state index contributed by atoms with van der Waals surface area (Å²) in [6.45, 7) is -1.32. The Morgan fingerprint density at radius 3 is 2.42 bits per heavy atom. The molecule has 12 heavy (non-hydrogen) atoms. The third kappa shape index (κ3) is 4.91. The van der Waals surface area contributed by atoms with Gasteiger partial charge in [0.05, 0.1) is 6.61 Å². The van der Waals surface area contributed by atoms with E-state index in [0.29, 0.717) is 0 Å². The van der Waals surface area contributed by atoms with Gasteiger partial charge in [0.25, 0.3) is 0 Å². The monoisotopic (exact) mass is 298 g/mol. The van der Waals surface area contributed by atoms with Gasteiger partial charge in [0.15, 0.2) is 0 Å². The second-order valence-corrected chi connectivity index (χ2v) is 2.66. The number of alkyl halides is 4. The zero-order chi connectivity index (χ0) is 9.61. The molecule has 0 amide bonds. The highest BCUT2D eigenvalue weighted by molar-refractivity contribution is 14.1. The first-order chi connectivity index (χ1) is 5.50. The Morgan fingerprint density at radius 1 is 1.42 bits per heavy atom.